The molecule has 1 amide bonds. The van der Waals surface area contributed by atoms with Gasteiger partial charge in [0.05, 0.1) is 6.04 Å². The van der Waals surface area contributed by atoms with Gasteiger partial charge in [-0.2, -0.15) is 5.10 Å². The van der Waals surface area contributed by atoms with Gasteiger partial charge in [-0.1, -0.05) is 19.9 Å². The number of hydrogen-bond acceptors (Lipinski definition) is 5. The number of amides is 1. The molecule has 27 heavy (non-hydrogen) atoms. The molecule has 3 heterocycles. The fourth-order valence-electron chi connectivity index (χ4n) is 3.81. The summed E-state index contributed by atoms with van der Waals surface area (Å²) in [5, 5.41) is 4.68. The van der Waals surface area contributed by atoms with Crippen molar-refractivity contribution >= 4 is 5.91 Å². The van der Waals surface area contributed by atoms with E-state index in [2.05, 4.69) is 30.9 Å². The molecule has 2 fully saturated rings. The minimum absolute atomic E-state index is 0.0487. The van der Waals surface area contributed by atoms with Crippen LogP contribution in [0.15, 0.2) is 24.5 Å². The van der Waals surface area contributed by atoms with E-state index in [1.807, 2.05) is 27.9 Å². The van der Waals surface area contributed by atoms with Crippen molar-refractivity contribution in [2.24, 2.45) is 5.92 Å². The van der Waals surface area contributed by atoms with Crippen molar-refractivity contribution in [3.63, 3.8) is 0 Å². The molecule has 0 radical (unpaired) electrons. The van der Waals surface area contributed by atoms with Crippen molar-refractivity contribution in [2.45, 2.75) is 64.8 Å². The minimum atomic E-state index is -0.333. The molecule has 1 saturated heterocycles. The zero-order valence-electron chi connectivity index (χ0n) is 16.2. The molecule has 144 valence electrons. The van der Waals surface area contributed by atoms with E-state index in [4.69, 9.17) is 9.72 Å². The zero-order chi connectivity index (χ0) is 19.0. The second-order valence-electron chi connectivity index (χ2n) is 7.79. The van der Waals surface area contributed by atoms with E-state index in [9.17, 15) is 4.79 Å². The van der Waals surface area contributed by atoms with Crippen LogP contribution in [0.25, 0.3) is 0 Å². The first-order valence-electron chi connectivity index (χ1n) is 9.84. The van der Waals surface area contributed by atoms with Gasteiger partial charge in [0.1, 0.15) is 12.7 Å². The Kier molecular flexibility index (Phi) is 4.95. The van der Waals surface area contributed by atoms with Crippen LogP contribution in [-0.2, 0) is 22.5 Å². The molecule has 0 aromatic carbocycles. The summed E-state index contributed by atoms with van der Waals surface area (Å²) in [7, 11) is 0. The van der Waals surface area contributed by atoms with Gasteiger partial charge in [-0.15, -0.1) is 0 Å². The van der Waals surface area contributed by atoms with Gasteiger partial charge in [-0.25, -0.2) is 9.67 Å². The number of nitrogens with zero attached hydrogens (tertiary/aromatic N) is 5. The third kappa shape index (κ3) is 3.60. The number of carbonyl (C=O) groups is 1. The number of aromatic nitrogens is 4. The van der Waals surface area contributed by atoms with Gasteiger partial charge in [-0.3, -0.25) is 9.78 Å². The number of pyridine rings is 1. The summed E-state index contributed by atoms with van der Waals surface area (Å²) >= 11 is 0. The molecule has 7 nitrogen and oxygen atoms in total. The van der Waals surface area contributed by atoms with Gasteiger partial charge < -0.3 is 9.64 Å². The predicted octanol–water partition coefficient (Wildman–Crippen LogP) is 2.70. The number of hydrogen-bond donors (Lipinski definition) is 0. The van der Waals surface area contributed by atoms with Gasteiger partial charge in [0.15, 0.2) is 11.6 Å². The summed E-state index contributed by atoms with van der Waals surface area (Å²) in [6.45, 7) is 7.19. The highest BCUT2D eigenvalue weighted by Crippen LogP contribution is 2.44. The summed E-state index contributed by atoms with van der Waals surface area (Å²) < 4.78 is 7.99. The number of ether oxygens (including phenoxy) is 1. The normalized spacial score (nSPS) is 23.3. The smallest absolute Gasteiger partial charge is 0.249 e. The second-order valence-corrected chi connectivity index (χ2v) is 7.79. The molecule has 0 bridgehead atoms. The molecule has 1 aliphatic heterocycles. The summed E-state index contributed by atoms with van der Waals surface area (Å²) in [5.41, 5.74) is 0.985. The zero-order valence-corrected chi connectivity index (χ0v) is 16.2. The maximum atomic E-state index is 12.7. The SMILES string of the molecule is CCn1nc(CC(C)C)nc1[C@H]1OCC(=O)N(C2CC2)[C@@H]1c1cccnc1. The lowest BCUT2D eigenvalue weighted by atomic mass is 9.98. The molecule has 0 unspecified atom stereocenters. The lowest BCUT2D eigenvalue weighted by molar-refractivity contribution is -0.160. The van der Waals surface area contributed by atoms with Crippen molar-refractivity contribution in [2.75, 3.05) is 6.61 Å². The molecule has 2 aliphatic rings. The molecule has 0 spiro atoms. The van der Waals surface area contributed by atoms with Gasteiger partial charge in [0.25, 0.3) is 0 Å². The molecular formula is C20H27N5O2. The van der Waals surface area contributed by atoms with Crippen molar-refractivity contribution in [3.8, 4) is 0 Å². The van der Waals surface area contributed by atoms with Crippen LogP contribution in [0.1, 0.15) is 63.0 Å². The van der Waals surface area contributed by atoms with E-state index in [1.54, 1.807) is 6.20 Å². The second kappa shape index (κ2) is 7.38. The van der Waals surface area contributed by atoms with Gasteiger partial charge in [-0.05, 0) is 37.3 Å². The van der Waals surface area contributed by atoms with E-state index < -0.39 is 0 Å². The first kappa shape index (κ1) is 18.1. The maximum Gasteiger partial charge on any atom is 0.249 e. The summed E-state index contributed by atoms with van der Waals surface area (Å²) in [5.74, 6) is 2.18. The van der Waals surface area contributed by atoms with Gasteiger partial charge >= 0.3 is 0 Å². The lowest BCUT2D eigenvalue weighted by Crippen LogP contribution is -2.47. The Bertz CT molecular complexity index is 800. The largest absolute Gasteiger partial charge is 0.358 e. The first-order valence-corrected chi connectivity index (χ1v) is 9.84. The summed E-state index contributed by atoms with van der Waals surface area (Å²) in [6, 6.07) is 4.01. The number of rotatable bonds is 6. The fourth-order valence-corrected chi connectivity index (χ4v) is 3.81. The van der Waals surface area contributed by atoms with Gasteiger partial charge in [0.2, 0.25) is 5.91 Å². The van der Waals surface area contributed by atoms with E-state index >= 15 is 0 Å². The molecule has 4 rings (SSSR count). The molecule has 7 heteroatoms. The third-order valence-electron chi connectivity index (χ3n) is 5.12. The van der Waals surface area contributed by atoms with Crippen LogP contribution in [0.2, 0.25) is 0 Å². The highest BCUT2D eigenvalue weighted by atomic mass is 16.5. The van der Waals surface area contributed by atoms with Crippen LogP contribution in [-0.4, -0.2) is 43.2 Å². The predicted molar refractivity (Wildman–Crippen MR) is 99.8 cm³/mol. The lowest BCUT2D eigenvalue weighted by Gasteiger charge is -2.41. The van der Waals surface area contributed by atoms with Crippen LogP contribution >= 0.6 is 0 Å². The van der Waals surface area contributed by atoms with Crippen LogP contribution in [0, 0.1) is 5.92 Å². The number of aryl methyl sites for hydroxylation is 1. The third-order valence-corrected chi connectivity index (χ3v) is 5.12. The van der Waals surface area contributed by atoms with Crippen molar-refractivity contribution in [3.05, 3.63) is 41.7 Å². The van der Waals surface area contributed by atoms with Crippen molar-refractivity contribution in [1.82, 2.24) is 24.6 Å². The quantitative estimate of drug-likeness (QED) is 0.783. The Labute approximate surface area is 159 Å². The highest BCUT2D eigenvalue weighted by molar-refractivity contribution is 5.79. The summed E-state index contributed by atoms with van der Waals surface area (Å²) in [4.78, 5) is 23.8. The molecule has 2 atom stereocenters. The minimum Gasteiger partial charge on any atom is -0.358 e. The Balaban J connectivity index is 1.75. The molecule has 0 N–H and O–H groups in total. The van der Waals surface area contributed by atoms with Crippen LogP contribution in [0.5, 0.6) is 0 Å². The van der Waals surface area contributed by atoms with Crippen LogP contribution in [0.4, 0.5) is 0 Å². The van der Waals surface area contributed by atoms with Crippen molar-refractivity contribution in [1.29, 1.82) is 0 Å². The molecule has 2 aromatic heterocycles. The van der Waals surface area contributed by atoms with E-state index in [1.165, 1.54) is 0 Å². The van der Waals surface area contributed by atoms with Crippen molar-refractivity contribution < 1.29 is 9.53 Å². The Hall–Kier alpha value is -2.28. The maximum absolute atomic E-state index is 12.7. The van der Waals surface area contributed by atoms with E-state index in [0.717, 1.165) is 43.0 Å². The van der Waals surface area contributed by atoms with Crippen LogP contribution < -0.4 is 0 Å². The average Bonchev–Trinajstić information content (AvgIpc) is 3.42. The molecule has 1 aliphatic carbocycles. The summed E-state index contributed by atoms with van der Waals surface area (Å²) in [6.07, 6.45) is 6.18. The topological polar surface area (TPSA) is 73.1 Å². The Morgan fingerprint density at radius 2 is 2.15 bits per heavy atom. The molecule has 2 aromatic rings. The van der Waals surface area contributed by atoms with Crippen LogP contribution in [0.3, 0.4) is 0 Å². The number of carbonyl (C=O) groups excluding carboxylic acids is 1. The highest BCUT2D eigenvalue weighted by Gasteiger charge is 2.47. The monoisotopic (exact) mass is 369 g/mol. The average molecular weight is 369 g/mol. The van der Waals surface area contributed by atoms with E-state index in [0.29, 0.717) is 12.0 Å². The standard InChI is InChI=1S/C20H27N5O2/c1-4-24-20(22-16(23-24)10-13(2)3)19-18(14-6-5-9-21-11-14)25(15-7-8-15)17(26)12-27-19/h5-6,9,11,13,15,18-19H,4,7-8,10,12H2,1-3H3/t18-,19+/m1/s1. The fraction of sp³-hybridized carbons (Fsp3) is 0.600. The Morgan fingerprint density at radius 1 is 1.33 bits per heavy atom. The molecular weight excluding hydrogens is 342 g/mol. The van der Waals surface area contributed by atoms with Gasteiger partial charge in [0, 0.05) is 31.4 Å². The molecule has 1 saturated carbocycles. The van der Waals surface area contributed by atoms with E-state index in [-0.39, 0.29) is 24.7 Å². The Morgan fingerprint density at radius 3 is 2.78 bits per heavy atom. The first-order chi connectivity index (χ1) is 13.1. The number of morpholine rings is 1.